The number of rotatable bonds is 10. The van der Waals surface area contributed by atoms with Crippen molar-refractivity contribution in [3.63, 3.8) is 0 Å². The zero-order valence-corrected chi connectivity index (χ0v) is 20.9. The van der Waals surface area contributed by atoms with Crippen LogP contribution in [0.25, 0.3) is 10.9 Å². The maximum Gasteiger partial charge on any atom is 0.228 e. The summed E-state index contributed by atoms with van der Waals surface area (Å²) < 4.78 is 1.87. The first kappa shape index (κ1) is 24.7. The molecule has 2 aliphatic rings. The van der Waals surface area contributed by atoms with Crippen molar-refractivity contribution in [1.29, 1.82) is 0 Å². The summed E-state index contributed by atoms with van der Waals surface area (Å²) in [6.45, 7) is 4.62. The van der Waals surface area contributed by atoms with Crippen molar-refractivity contribution in [2.75, 3.05) is 38.1 Å². The van der Waals surface area contributed by atoms with E-state index in [0.717, 1.165) is 47.8 Å². The first-order valence-electron chi connectivity index (χ1n) is 13.2. The maximum atomic E-state index is 12.5. The molecule has 7 nitrogen and oxygen atoms in total. The van der Waals surface area contributed by atoms with Gasteiger partial charge >= 0.3 is 0 Å². The minimum atomic E-state index is -0.412. The van der Waals surface area contributed by atoms with Crippen molar-refractivity contribution in [3.05, 3.63) is 23.9 Å². The van der Waals surface area contributed by atoms with E-state index in [9.17, 15) is 9.59 Å². The number of likely N-dealkylation sites (N-methyl/N-ethyl adjacent to an activating group) is 1. The van der Waals surface area contributed by atoms with Crippen LogP contribution in [-0.4, -0.2) is 55.2 Å². The number of anilines is 1. The number of hydrogen-bond donors (Lipinski definition) is 2. The number of aromatic nitrogens is 2. The van der Waals surface area contributed by atoms with Gasteiger partial charge in [0.25, 0.3) is 0 Å². The number of aryl methyl sites for hydroxylation is 1. The molecular weight excluding hydrogens is 426 g/mol. The second-order valence-electron chi connectivity index (χ2n) is 10.2. The molecule has 7 heteroatoms. The van der Waals surface area contributed by atoms with Gasteiger partial charge in [-0.25, -0.2) is 0 Å². The summed E-state index contributed by atoms with van der Waals surface area (Å²) in [6.07, 6.45) is 11.1. The third kappa shape index (κ3) is 5.80. The predicted molar refractivity (Wildman–Crippen MR) is 137 cm³/mol. The number of fused-ring (bicyclic) bond motifs is 1. The first-order valence-corrected chi connectivity index (χ1v) is 13.2. The fraction of sp³-hybridized carbons (Fsp3) is 0.667. The van der Waals surface area contributed by atoms with Gasteiger partial charge in [0, 0.05) is 44.7 Å². The van der Waals surface area contributed by atoms with Gasteiger partial charge < -0.3 is 20.3 Å². The van der Waals surface area contributed by atoms with E-state index in [-0.39, 0.29) is 5.91 Å². The van der Waals surface area contributed by atoms with Crippen LogP contribution in [0.15, 0.2) is 18.2 Å². The van der Waals surface area contributed by atoms with Crippen molar-refractivity contribution in [1.82, 2.24) is 20.4 Å². The minimum Gasteiger partial charge on any atom is -0.371 e. The molecule has 1 atom stereocenters. The molecule has 2 aromatic rings. The number of hydrogen-bond acceptors (Lipinski definition) is 5. The van der Waals surface area contributed by atoms with Gasteiger partial charge in [-0.15, -0.1) is 0 Å². The summed E-state index contributed by atoms with van der Waals surface area (Å²) in [5, 5.41) is 11.9. The van der Waals surface area contributed by atoms with Crippen molar-refractivity contribution >= 4 is 28.8 Å². The molecular formula is C27H41N5O2. The predicted octanol–water partition coefficient (Wildman–Crippen LogP) is 3.77. The Labute approximate surface area is 203 Å². The molecule has 2 aliphatic heterocycles. The van der Waals surface area contributed by atoms with Gasteiger partial charge in [-0.1, -0.05) is 19.3 Å². The largest absolute Gasteiger partial charge is 0.371 e. The molecule has 1 unspecified atom stereocenters. The Morgan fingerprint density at radius 1 is 1.18 bits per heavy atom. The lowest BCUT2D eigenvalue weighted by Crippen LogP contribution is -2.33. The third-order valence-electron chi connectivity index (χ3n) is 7.99. The molecule has 0 radical (unpaired) electrons. The Bertz CT molecular complexity index is 957. The second kappa shape index (κ2) is 11.8. The summed E-state index contributed by atoms with van der Waals surface area (Å²) >= 11 is 0. The lowest BCUT2D eigenvalue weighted by Gasteiger charge is -2.34. The molecule has 4 rings (SSSR count). The number of nitrogens with one attached hydrogen (secondary N) is 2. The number of nitrogens with zero attached hydrogens (tertiary/aromatic N) is 3. The van der Waals surface area contributed by atoms with Gasteiger partial charge in [-0.2, -0.15) is 5.10 Å². The highest BCUT2D eigenvalue weighted by Crippen LogP contribution is 2.33. The molecule has 1 amide bonds. The number of carbonyl (C=O) groups excluding carboxylic acids is 2. The summed E-state index contributed by atoms with van der Waals surface area (Å²) in [4.78, 5) is 25.9. The molecule has 2 saturated heterocycles. The molecule has 2 fully saturated rings. The topological polar surface area (TPSA) is 79.3 Å². The van der Waals surface area contributed by atoms with Gasteiger partial charge in [-0.3, -0.25) is 9.48 Å². The Morgan fingerprint density at radius 2 is 1.88 bits per heavy atom. The van der Waals surface area contributed by atoms with Crippen LogP contribution >= 0.6 is 0 Å². The molecule has 0 bridgehead atoms. The number of piperidine rings is 2. The number of amides is 1. The second-order valence-corrected chi connectivity index (χ2v) is 10.2. The minimum absolute atomic E-state index is 0.0897. The van der Waals surface area contributed by atoms with Crippen molar-refractivity contribution in [2.24, 2.45) is 18.9 Å². The number of benzene rings is 1. The highest BCUT2D eigenvalue weighted by atomic mass is 16.1. The fourth-order valence-electron chi connectivity index (χ4n) is 5.87. The molecule has 0 spiro atoms. The third-order valence-corrected chi connectivity index (χ3v) is 7.99. The van der Waals surface area contributed by atoms with Crippen LogP contribution in [0, 0.1) is 11.8 Å². The lowest BCUT2D eigenvalue weighted by molar-refractivity contribution is -0.122. The van der Waals surface area contributed by atoms with Crippen LogP contribution in [0.2, 0.25) is 0 Å². The molecule has 2 N–H and O–H groups in total. The molecule has 1 aromatic heterocycles. The van der Waals surface area contributed by atoms with E-state index >= 15 is 0 Å². The zero-order valence-electron chi connectivity index (χ0n) is 20.9. The van der Waals surface area contributed by atoms with Crippen LogP contribution in [0.3, 0.4) is 0 Å². The average molecular weight is 468 g/mol. The molecule has 3 heterocycles. The Kier molecular flexibility index (Phi) is 8.59. The first-order chi connectivity index (χ1) is 16.6. The van der Waals surface area contributed by atoms with E-state index in [1.165, 1.54) is 63.7 Å². The quantitative estimate of drug-likeness (QED) is 0.520. The van der Waals surface area contributed by atoms with Crippen LogP contribution in [0.1, 0.15) is 69.4 Å². The Hall–Kier alpha value is -2.41. The van der Waals surface area contributed by atoms with Crippen LogP contribution in [0.5, 0.6) is 0 Å². The highest BCUT2D eigenvalue weighted by Gasteiger charge is 2.26. The van der Waals surface area contributed by atoms with E-state index in [1.807, 2.05) is 11.7 Å². The maximum absolute atomic E-state index is 12.5. The zero-order chi connectivity index (χ0) is 23.9. The molecule has 0 saturated carbocycles. The summed E-state index contributed by atoms with van der Waals surface area (Å²) in [7, 11) is 3.57. The van der Waals surface area contributed by atoms with E-state index in [4.69, 9.17) is 5.10 Å². The monoisotopic (exact) mass is 467 g/mol. The smallest absolute Gasteiger partial charge is 0.228 e. The number of aldehydes is 1. The van der Waals surface area contributed by atoms with Crippen LogP contribution < -0.4 is 15.5 Å². The molecule has 1 aromatic carbocycles. The summed E-state index contributed by atoms with van der Waals surface area (Å²) in [6, 6.07) is 6.49. The van der Waals surface area contributed by atoms with Gasteiger partial charge in [0.05, 0.1) is 17.1 Å². The van der Waals surface area contributed by atoms with Gasteiger partial charge in [0.2, 0.25) is 5.91 Å². The molecule has 0 aliphatic carbocycles. The summed E-state index contributed by atoms with van der Waals surface area (Å²) in [5.41, 5.74) is 3.04. The van der Waals surface area contributed by atoms with E-state index in [2.05, 4.69) is 33.7 Å². The highest BCUT2D eigenvalue weighted by molar-refractivity contribution is 5.92. The Balaban J connectivity index is 1.37. The van der Waals surface area contributed by atoms with E-state index in [1.54, 1.807) is 7.05 Å². The van der Waals surface area contributed by atoms with Crippen LogP contribution in [-0.2, 0) is 16.6 Å². The van der Waals surface area contributed by atoms with E-state index < -0.39 is 5.92 Å². The normalized spacial score (nSPS) is 18.8. The van der Waals surface area contributed by atoms with Crippen molar-refractivity contribution < 1.29 is 9.59 Å². The van der Waals surface area contributed by atoms with E-state index in [0.29, 0.717) is 12.8 Å². The van der Waals surface area contributed by atoms with Gasteiger partial charge in [0.15, 0.2) is 0 Å². The molecule has 34 heavy (non-hydrogen) atoms. The van der Waals surface area contributed by atoms with Crippen LogP contribution in [0.4, 0.5) is 5.69 Å². The Morgan fingerprint density at radius 3 is 2.56 bits per heavy atom. The van der Waals surface area contributed by atoms with Gasteiger partial charge in [0.1, 0.15) is 6.29 Å². The fourth-order valence-corrected chi connectivity index (χ4v) is 5.87. The SMILES string of the molecule is CNC(=O)C(CCC=O)c1nn(C)c2cc(N3CCC(CCCC4CCNCC4)CC3)ccc12. The van der Waals surface area contributed by atoms with Crippen molar-refractivity contribution in [2.45, 2.75) is 63.7 Å². The lowest BCUT2D eigenvalue weighted by atomic mass is 9.87. The van der Waals surface area contributed by atoms with Gasteiger partial charge in [-0.05, 0) is 75.2 Å². The van der Waals surface area contributed by atoms with Crippen molar-refractivity contribution in [3.8, 4) is 0 Å². The standard InChI is InChI=1S/C27H41N5O2/c1-28-27(34)24(7-4-18-33)26-23-9-8-22(19-25(23)31(2)30-26)32-16-12-21(13-17-32)6-3-5-20-10-14-29-15-11-20/h8-9,18-21,24,29H,3-7,10-17H2,1-2H3,(H,28,34). The summed E-state index contributed by atoms with van der Waals surface area (Å²) in [5.74, 6) is 1.30. The molecule has 186 valence electrons. The average Bonchev–Trinajstić information content (AvgIpc) is 3.20. The number of carbonyl (C=O) groups is 2.